The summed E-state index contributed by atoms with van der Waals surface area (Å²) in [6.07, 6.45) is 1.41. The standard InChI is InChI=1S/C19H13N3O3S/c23-18-13(11-25-17-9-5-4-8-15(17)18)10-22(14-6-2-1-3-7-14)19(24)16-12-26-21-20-16/h1-9,11-12H,10H2. The summed E-state index contributed by atoms with van der Waals surface area (Å²) in [5, 5.41) is 5.92. The second kappa shape index (κ2) is 6.89. The smallest absolute Gasteiger partial charge is 0.280 e. The van der Waals surface area contributed by atoms with Crippen molar-refractivity contribution in [3.8, 4) is 0 Å². The van der Waals surface area contributed by atoms with Crippen LogP contribution >= 0.6 is 11.5 Å². The van der Waals surface area contributed by atoms with Crippen LogP contribution in [0.3, 0.4) is 0 Å². The largest absolute Gasteiger partial charge is 0.464 e. The van der Waals surface area contributed by atoms with E-state index in [0.717, 1.165) is 11.5 Å². The van der Waals surface area contributed by atoms with Crippen molar-refractivity contribution in [2.45, 2.75) is 6.54 Å². The molecule has 128 valence electrons. The van der Waals surface area contributed by atoms with Gasteiger partial charge < -0.3 is 9.32 Å². The molecule has 0 aliphatic heterocycles. The molecule has 2 aromatic heterocycles. The third-order valence-electron chi connectivity index (χ3n) is 3.97. The molecule has 0 radical (unpaired) electrons. The average molecular weight is 363 g/mol. The van der Waals surface area contributed by atoms with Crippen molar-refractivity contribution in [3.63, 3.8) is 0 Å². The van der Waals surface area contributed by atoms with Crippen molar-refractivity contribution in [2.75, 3.05) is 4.90 Å². The summed E-state index contributed by atoms with van der Waals surface area (Å²) >= 11 is 1.10. The zero-order chi connectivity index (χ0) is 17.9. The highest BCUT2D eigenvalue weighted by Gasteiger charge is 2.22. The molecule has 0 spiro atoms. The Morgan fingerprint density at radius 2 is 1.85 bits per heavy atom. The summed E-state index contributed by atoms with van der Waals surface area (Å²) in [7, 11) is 0. The van der Waals surface area contributed by atoms with Crippen molar-refractivity contribution in [1.82, 2.24) is 9.59 Å². The Bertz CT molecular complexity index is 1110. The van der Waals surface area contributed by atoms with Crippen LogP contribution in [-0.2, 0) is 6.54 Å². The van der Waals surface area contributed by atoms with Crippen LogP contribution in [0.15, 0.2) is 75.5 Å². The average Bonchev–Trinajstić information content (AvgIpc) is 3.23. The van der Waals surface area contributed by atoms with Gasteiger partial charge in [0.2, 0.25) is 0 Å². The molecule has 2 heterocycles. The monoisotopic (exact) mass is 363 g/mol. The second-order valence-corrected chi connectivity index (χ2v) is 6.21. The molecule has 2 aromatic carbocycles. The van der Waals surface area contributed by atoms with Gasteiger partial charge in [-0.3, -0.25) is 9.59 Å². The van der Waals surface area contributed by atoms with Crippen LogP contribution in [0, 0.1) is 0 Å². The Balaban J connectivity index is 1.77. The fraction of sp³-hybridized carbons (Fsp3) is 0.0526. The van der Waals surface area contributed by atoms with E-state index in [9.17, 15) is 9.59 Å². The SMILES string of the molecule is O=C(c1csnn1)N(Cc1coc2ccccc2c1=O)c1ccccc1. The fourth-order valence-corrected chi connectivity index (χ4v) is 3.11. The van der Waals surface area contributed by atoms with Crippen molar-refractivity contribution in [2.24, 2.45) is 0 Å². The van der Waals surface area contributed by atoms with Gasteiger partial charge in [0.25, 0.3) is 5.91 Å². The molecule has 0 bridgehead atoms. The van der Waals surface area contributed by atoms with E-state index < -0.39 is 0 Å². The fourth-order valence-electron chi connectivity index (χ4n) is 2.68. The lowest BCUT2D eigenvalue weighted by Gasteiger charge is -2.21. The summed E-state index contributed by atoms with van der Waals surface area (Å²) < 4.78 is 9.32. The van der Waals surface area contributed by atoms with Gasteiger partial charge in [-0.05, 0) is 35.8 Å². The van der Waals surface area contributed by atoms with Crippen molar-refractivity contribution in [1.29, 1.82) is 0 Å². The molecule has 1 amide bonds. The first-order chi connectivity index (χ1) is 12.7. The van der Waals surface area contributed by atoms with Crippen molar-refractivity contribution < 1.29 is 9.21 Å². The number of aromatic nitrogens is 2. The maximum atomic E-state index is 12.9. The lowest BCUT2D eigenvalue weighted by molar-refractivity contribution is 0.0980. The molecule has 0 saturated carbocycles. The van der Waals surface area contributed by atoms with Gasteiger partial charge in [0.15, 0.2) is 11.1 Å². The van der Waals surface area contributed by atoms with E-state index >= 15 is 0 Å². The van der Waals surface area contributed by atoms with Gasteiger partial charge in [-0.15, -0.1) is 5.10 Å². The van der Waals surface area contributed by atoms with Crippen LogP contribution in [0.5, 0.6) is 0 Å². The number of anilines is 1. The normalized spacial score (nSPS) is 10.8. The van der Waals surface area contributed by atoms with Crippen molar-refractivity contribution >= 4 is 34.1 Å². The topological polar surface area (TPSA) is 76.3 Å². The molecule has 0 aliphatic rings. The highest BCUT2D eigenvalue weighted by atomic mass is 32.1. The first kappa shape index (κ1) is 16.2. The van der Waals surface area contributed by atoms with Crippen LogP contribution in [0.25, 0.3) is 11.0 Å². The van der Waals surface area contributed by atoms with E-state index in [-0.39, 0.29) is 23.6 Å². The summed E-state index contributed by atoms with van der Waals surface area (Å²) in [5.74, 6) is -0.322. The predicted molar refractivity (Wildman–Crippen MR) is 99.3 cm³/mol. The zero-order valence-corrected chi connectivity index (χ0v) is 14.3. The number of rotatable bonds is 4. The highest BCUT2D eigenvalue weighted by Crippen LogP contribution is 2.20. The Morgan fingerprint density at radius 1 is 1.08 bits per heavy atom. The first-order valence-corrected chi connectivity index (χ1v) is 8.71. The number of fused-ring (bicyclic) bond motifs is 1. The number of benzene rings is 2. The lowest BCUT2D eigenvalue weighted by atomic mass is 10.1. The minimum absolute atomic E-state index is 0.0769. The van der Waals surface area contributed by atoms with E-state index in [4.69, 9.17) is 4.42 Å². The minimum atomic E-state index is -0.322. The Labute approximate surface area is 152 Å². The number of nitrogens with zero attached hydrogens (tertiary/aromatic N) is 3. The molecule has 26 heavy (non-hydrogen) atoms. The Morgan fingerprint density at radius 3 is 2.62 bits per heavy atom. The molecule has 4 rings (SSSR count). The van der Waals surface area contributed by atoms with Crippen molar-refractivity contribution in [3.05, 3.63) is 87.7 Å². The van der Waals surface area contributed by atoms with Crippen LogP contribution in [0.4, 0.5) is 5.69 Å². The van der Waals surface area contributed by atoms with Gasteiger partial charge in [0.05, 0.1) is 23.8 Å². The molecule has 0 saturated heterocycles. The number of amides is 1. The van der Waals surface area contributed by atoms with Crippen LogP contribution in [-0.4, -0.2) is 15.5 Å². The number of para-hydroxylation sites is 2. The molecule has 0 atom stereocenters. The maximum Gasteiger partial charge on any atom is 0.280 e. The zero-order valence-electron chi connectivity index (χ0n) is 13.5. The van der Waals surface area contributed by atoms with E-state index in [0.29, 0.717) is 22.2 Å². The van der Waals surface area contributed by atoms with Crippen LogP contribution < -0.4 is 10.3 Å². The van der Waals surface area contributed by atoms with Gasteiger partial charge in [-0.1, -0.05) is 34.8 Å². The first-order valence-electron chi connectivity index (χ1n) is 7.87. The minimum Gasteiger partial charge on any atom is -0.464 e. The molecule has 0 aliphatic carbocycles. The molecule has 0 fully saturated rings. The number of carbonyl (C=O) groups excluding carboxylic acids is 1. The molecule has 0 unspecified atom stereocenters. The van der Waals surface area contributed by atoms with Crippen LogP contribution in [0.2, 0.25) is 0 Å². The van der Waals surface area contributed by atoms with E-state index in [2.05, 4.69) is 9.59 Å². The predicted octanol–water partition coefficient (Wildman–Crippen LogP) is 3.49. The summed E-state index contributed by atoms with van der Waals surface area (Å²) in [5.41, 5.74) is 1.66. The van der Waals surface area contributed by atoms with E-state index in [1.54, 1.807) is 41.8 Å². The second-order valence-electron chi connectivity index (χ2n) is 5.60. The molecule has 7 heteroatoms. The van der Waals surface area contributed by atoms with Gasteiger partial charge in [-0.2, -0.15) is 0 Å². The summed E-state index contributed by atoms with van der Waals surface area (Å²) in [6.45, 7) is 0.0769. The molecule has 0 N–H and O–H groups in total. The van der Waals surface area contributed by atoms with Gasteiger partial charge in [-0.25, -0.2) is 0 Å². The lowest BCUT2D eigenvalue weighted by Crippen LogP contribution is -2.32. The number of carbonyl (C=O) groups is 1. The third-order valence-corrected chi connectivity index (χ3v) is 4.48. The molecular formula is C19H13N3O3S. The Hall–Kier alpha value is -3.32. The van der Waals surface area contributed by atoms with E-state index in [1.165, 1.54) is 11.2 Å². The third kappa shape index (κ3) is 3.00. The maximum absolute atomic E-state index is 12.9. The number of hydrogen-bond acceptors (Lipinski definition) is 6. The highest BCUT2D eigenvalue weighted by molar-refractivity contribution is 7.03. The van der Waals surface area contributed by atoms with Gasteiger partial charge in [0, 0.05) is 11.1 Å². The number of hydrogen-bond donors (Lipinski definition) is 0. The summed E-state index contributed by atoms with van der Waals surface area (Å²) in [6, 6.07) is 16.2. The molecule has 4 aromatic rings. The molecule has 6 nitrogen and oxygen atoms in total. The Kier molecular flexibility index (Phi) is 4.28. The molecular weight excluding hydrogens is 350 g/mol. The van der Waals surface area contributed by atoms with Gasteiger partial charge >= 0.3 is 0 Å². The van der Waals surface area contributed by atoms with Gasteiger partial charge in [0.1, 0.15) is 5.58 Å². The summed E-state index contributed by atoms with van der Waals surface area (Å²) in [4.78, 5) is 27.2. The van der Waals surface area contributed by atoms with Crippen LogP contribution in [0.1, 0.15) is 16.1 Å². The quantitative estimate of drug-likeness (QED) is 0.555. The van der Waals surface area contributed by atoms with E-state index in [1.807, 2.05) is 18.2 Å².